The van der Waals surface area contributed by atoms with Gasteiger partial charge in [0.1, 0.15) is 17.4 Å². The molecule has 0 spiro atoms. The average molecular weight is 516 g/mol. The minimum absolute atomic E-state index is 0.161. The average Bonchev–Trinajstić information content (AvgIpc) is 3.47. The van der Waals surface area contributed by atoms with Gasteiger partial charge in [0.05, 0.1) is 11.7 Å². The van der Waals surface area contributed by atoms with Gasteiger partial charge in [0.15, 0.2) is 11.5 Å². The zero-order chi connectivity index (χ0) is 27.0. The second-order valence-electron chi connectivity index (χ2n) is 10.2. The van der Waals surface area contributed by atoms with Gasteiger partial charge in [-0.25, -0.2) is 19.6 Å². The van der Waals surface area contributed by atoms with Gasteiger partial charge in [-0.3, -0.25) is 13.9 Å². The van der Waals surface area contributed by atoms with Gasteiger partial charge in [0, 0.05) is 24.3 Å². The van der Waals surface area contributed by atoms with E-state index in [-0.39, 0.29) is 23.5 Å². The fourth-order valence-electron chi connectivity index (χ4n) is 4.57. The molecular weight excluding hydrogens is 486 g/mol. The third-order valence-corrected chi connectivity index (χ3v) is 6.28. The minimum atomic E-state index is -0.615. The monoisotopic (exact) mass is 515 g/mol. The largest absolute Gasteiger partial charge is 0.444 e. The third-order valence-electron chi connectivity index (χ3n) is 6.28. The maximum absolute atomic E-state index is 13.8. The molecule has 11 heteroatoms. The van der Waals surface area contributed by atoms with Crippen LogP contribution in [0.25, 0.3) is 16.9 Å². The van der Waals surface area contributed by atoms with E-state index < -0.39 is 11.7 Å². The SMILES string of the molecule is CC(C)(C)OC(=O)N1CC[C@@H](n2c(=O)n(-c3ccc(NC(=O)c4ccccc4)cc3)c3c(N)ncnc32)C1. The Morgan fingerprint density at radius 3 is 2.45 bits per heavy atom. The normalized spacial score (nSPS) is 15.6. The van der Waals surface area contributed by atoms with E-state index in [0.29, 0.717) is 47.6 Å². The van der Waals surface area contributed by atoms with E-state index in [0.717, 1.165) is 0 Å². The smallest absolute Gasteiger partial charge is 0.410 e. The zero-order valence-electron chi connectivity index (χ0n) is 21.4. The molecule has 1 atom stereocenters. The molecule has 196 valence electrons. The van der Waals surface area contributed by atoms with Crippen LogP contribution in [0.3, 0.4) is 0 Å². The highest BCUT2D eigenvalue weighted by molar-refractivity contribution is 6.04. The molecule has 38 heavy (non-hydrogen) atoms. The van der Waals surface area contributed by atoms with Crippen molar-refractivity contribution in [1.82, 2.24) is 24.0 Å². The van der Waals surface area contributed by atoms with E-state index in [1.54, 1.807) is 58.0 Å². The number of nitrogen functional groups attached to an aromatic ring is 1. The van der Waals surface area contributed by atoms with Crippen LogP contribution in [0.5, 0.6) is 0 Å². The Labute approximate surface area is 218 Å². The summed E-state index contributed by atoms with van der Waals surface area (Å²) in [6, 6.07) is 15.5. The van der Waals surface area contributed by atoms with Crippen LogP contribution in [0, 0.1) is 0 Å². The first-order chi connectivity index (χ1) is 18.1. The lowest BCUT2D eigenvalue weighted by Gasteiger charge is -2.24. The molecule has 4 aromatic rings. The van der Waals surface area contributed by atoms with Crippen LogP contribution >= 0.6 is 0 Å². The van der Waals surface area contributed by atoms with Gasteiger partial charge in [-0.15, -0.1) is 0 Å². The van der Waals surface area contributed by atoms with Crippen molar-refractivity contribution >= 4 is 34.7 Å². The first-order valence-electron chi connectivity index (χ1n) is 12.3. The number of nitrogens with two attached hydrogens (primary N) is 1. The fourth-order valence-corrected chi connectivity index (χ4v) is 4.57. The molecule has 1 aliphatic heterocycles. The lowest BCUT2D eigenvalue weighted by Crippen LogP contribution is -2.36. The van der Waals surface area contributed by atoms with Gasteiger partial charge in [-0.1, -0.05) is 18.2 Å². The predicted octanol–water partition coefficient (Wildman–Crippen LogP) is 3.60. The maximum atomic E-state index is 13.8. The van der Waals surface area contributed by atoms with Crippen LogP contribution in [-0.2, 0) is 4.74 Å². The van der Waals surface area contributed by atoms with Crippen LogP contribution in [-0.4, -0.2) is 54.7 Å². The van der Waals surface area contributed by atoms with Crippen LogP contribution in [0.4, 0.5) is 16.3 Å². The zero-order valence-corrected chi connectivity index (χ0v) is 21.4. The number of nitrogens with zero attached hydrogens (tertiary/aromatic N) is 5. The molecule has 3 heterocycles. The predicted molar refractivity (Wildman–Crippen MR) is 143 cm³/mol. The van der Waals surface area contributed by atoms with Crippen molar-refractivity contribution in [2.24, 2.45) is 0 Å². The third kappa shape index (κ3) is 4.82. The van der Waals surface area contributed by atoms with E-state index in [4.69, 9.17) is 10.5 Å². The topological polar surface area (TPSA) is 137 Å². The molecule has 0 aliphatic carbocycles. The highest BCUT2D eigenvalue weighted by Crippen LogP contribution is 2.28. The Kier molecular flexibility index (Phi) is 6.35. The highest BCUT2D eigenvalue weighted by atomic mass is 16.6. The number of ether oxygens (including phenoxy) is 1. The highest BCUT2D eigenvalue weighted by Gasteiger charge is 2.34. The summed E-state index contributed by atoms with van der Waals surface area (Å²) in [6.07, 6.45) is 1.46. The summed E-state index contributed by atoms with van der Waals surface area (Å²) in [6.45, 7) is 6.20. The summed E-state index contributed by atoms with van der Waals surface area (Å²) in [5.74, 6) is -0.0742. The van der Waals surface area contributed by atoms with E-state index in [9.17, 15) is 14.4 Å². The Morgan fingerprint density at radius 2 is 1.76 bits per heavy atom. The number of nitrogens with one attached hydrogen (secondary N) is 1. The Hall–Kier alpha value is -4.67. The number of imidazole rings is 1. The molecular formula is C27H29N7O4. The molecule has 1 fully saturated rings. The molecule has 0 bridgehead atoms. The summed E-state index contributed by atoms with van der Waals surface area (Å²) in [7, 11) is 0. The van der Waals surface area contributed by atoms with Crippen LogP contribution in [0.15, 0.2) is 65.7 Å². The van der Waals surface area contributed by atoms with Gasteiger partial charge >= 0.3 is 11.8 Å². The van der Waals surface area contributed by atoms with E-state index in [1.807, 2.05) is 26.8 Å². The molecule has 2 amide bonds. The second kappa shape index (κ2) is 9.66. The number of carbonyl (C=O) groups excluding carboxylic acids is 2. The summed E-state index contributed by atoms with van der Waals surface area (Å²) < 4.78 is 8.54. The standard InChI is InChI=1S/C27H29N7O4/c1-27(2,3)38-26(37)32-14-13-20(15-32)34-23-21(22(28)29-16-30-23)33(25(34)36)19-11-9-18(10-12-19)31-24(35)17-7-5-4-6-8-17/h4-12,16,20H,13-15H2,1-3H3,(H,31,35)(H2,28,29,30)/t20-/m1/s1. The van der Waals surface area contributed by atoms with Crippen molar-refractivity contribution in [3.05, 3.63) is 77.0 Å². The fraction of sp³-hybridized carbons (Fsp3) is 0.296. The number of amides is 2. The Balaban J connectivity index is 1.46. The molecule has 2 aromatic carbocycles. The summed E-state index contributed by atoms with van der Waals surface area (Å²) in [5.41, 5.74) is 7.69. The number of fused-ring (bicyclic) bond motifs is 1. The molecule has 2 aromatic heterocycles. The van der Waals surface area contributed by atoms with E-state index in [1.165, 1.54) is 10.9 Å². The van der Waals surface area contributed by atoms with Gasteiger partial charge in [0.2, 0.25) is 0 Å². The quantitative estimate of drug-likeness (QED) is 0.424. The number of likely N-dealkylation sites (tertiary alicyclic amines) is 1. The van der Waals surface area contributed by atoms with Crippen LogP contribution in [0.2, 0.25) is 0 Å². The summed E-state index contributed by atoms with van der Waals surface area (Å²) >= 11 is 0. The first kappa shape index (κ1) is 25.0. The molecule has 0 unspecified atom stereocenters. The van der Waals surface area contributed by atoms with Crippen LogP contribution in [0.1, 0.15) is 43.6 Å². The molecule has 1 aliphatic rings. The molecule has 3 N–H and O–H groups in total. The number of rotatable bonds is 4. The summed E-state index contributed by atoms with van der Waals surface area (Å²) in [5, 5.41) is 2.85. The molecule has 0 saturated carbocycles. The number of hydrogen-bond acceptors (Lipinski definition) is 7. The van der Waals surface area contributed by atoms with Crippen molar-refractivity contribution in [3.63, 3.8) is 0 Å². The minimum Gasteiger partial charge on any atom is -0.444 e. The van der Waals surface area contributed by atoms with E-state index >= 15 is 0 Å². The van der Waals surface area contributed by atoms with Crippen molar-refractivity contribution in [2.45, 2.75) is 38.8 Å². The number of hydrogen-bond donors (Lipinski definition) is 2. The summed E-state index contributed by atoms with van der Waals surface area (Å²) in [4.78, 5) is 49.0. The number of aromatic nitrogens is 4. The number of carbonyl (C=O) groups is 2. The van der Waals surface area contributed by atoms with Crippen LogP contribution < -0.4 is 16.7 Å². The number of anilines is 2. The lowest BCUT2D eigenvalue weighted by atomic mass is 10.2. The van der Waals surface area contributed by atoms with Gasteiger partial charge in [-0.2, -0.15) is 0 Å². The Bertz CT molecular complexity index is 1550. The number of benzene rings is 2. The second-order valence-corrected chi connectivity index (χ2v) is 10.2. The molecule has 5 rings (SSSR count). The van der Waals surface area contributed by atoms with Crippen molar-refractivity contribution in [1.29, 1.82) is 0 Å². The maximum Gasteiger partial charge on any atom is 0.410 e. The molecule has 11 nitrogen and oxygen atoms in total. The van der Waals surface area contributed by atoms with Gasteiger partial charge in [0.25, 0.3) is 5.91 Å². The lowest BCUT2D eigenvalue weighted by molar-refractivity contribution is 0.0289. The van der Waals surface area contributed by atoms with Crippen molar-refractivity contribution in [2.75, 3.05) is 24.1 Å². The molecule has 1 saturated heterocycles. The first-order valence-corrected chi connectivity index (χ1v) is 12.3. The molecule has 0 radical (unpaired) electrons. The van der Waals surface area contributed by atoms with Crippen molar-refractivity contribution in [3.8, 4) is 5.69 Å². The van der Waals surface area contributed by atoms with Gasteiger partial charge in [-0.05, 0) is 63.6 Å². The Morgan fingerprint density at radius 1 is 1.05 bits per heavy atom. The van der Waals surface area contributed by atoms with Crippen molar-refractivity contribution < 1.29 is 14.3 Å². The van der Waals surface area contributed by atoms with Gasteiger partial charge < -0.3 is 20.7 Å². The van der Waals surface area contributed by atoms with E-state index in [2.05, 4.69) is 15.3 Å².